The number of aryl methyl sites for hydroxylation is 1. The summed E-state index contributed by atoms with van der Waals surface area (Å²) < 4.78 is 0. The third-order valence-corrected chi connectivity index (χ3v) is 6.79. The van der Waals surface area contributed by atoms with Crippen LogP contribution in [0.1, 0.15) is 61.9 Å². The van der Waals surface area contributed by atoms with E-state index in [4.69, 9.17) is 0 Å². The van der Waals surface area contributed by atoms with Crippen LogP contribution in [0, 0.1) is 30.6 Å². The van der Waals surface area contributed by atoms with Gasteiger partial charge in [0.1, 0.15) is 0 Å². The third kappa shape index (κ3) is 2.31. The lowest BCUT2D eigenvalue weighted by atomic mass is 9.58. The van der Waals surface area contributed by atoms with Gasteiger partial charge < -0.3 is 4.98 Å². The minimum Gasteiger partial charge on any atom is -0.362 e. The van der Waals surface area contributed by atoms with Gasteiger partial charge in [0.2, 0.25) is 5.91 Å². The molecule has 1 unspecified atom stereocenters. The average molecular weight is 343 g/mol. The lowest BCUT2D eigenvalue weighted by Crippen LogP contribution is -2.43. The van der Waals surface area contributed by atoms with Crippen molar-refractivity contribution in [3.8, 4) is 0 Å². The number of hydrogen-bond acceptors (Lipinski definition) is 3. The Bertz CT molecular complexity index is 721. The van der Waals surface area contributed by atoms with Crippen molar-refractivity contribution in [2.75, 3.05) is 14.1 Å². The number of hydrazine groups is 1. The third-order valence-electron chi connectivity index (χ3n) is 6.79. The maximum absolute atomic E-state index is 13.2. The van der Waals surface area contributed by atoms with Crippen LogP contribution in [-0.2, 0) is 9.59 Å². The van der Waals surface area contributed by atoms with Gasteiger partial charge in [-0.1, -0.05) is 13.8 Å². The van der Waals surface area contributed by atoms with Crippen molar-refractivity contribution in [3.05, 3.63) is 23.0 Å². The van der Waals surface area contributed by atoms with E-state index in [1.54, 1.807) is 19.1 Å². The van der Waals surface area contributed by atoms with Gasteiger partial charge in [0, 0.05) is 31.4 Å². The maximum Gasteiger partial charge on any atom is 0.252 e. The standard InChI is InChI=1S/C20H29N3O2/c1-10(2)12-6-7-13-14(9-12)16-17(15-8-11(3)21-18(13)15)20(25)23(19(16)24)22(4)5/h8,10,12-14,16-17,21H,6-7,9H2,1-5H3/t12?,13-,14+,16+,17-/m1/s1. The molecular weight excluding hydrogens is 314 g/mol. The van der Waals surface area contributed by atoms with E-state index in [-0.39, 0.29) is 29.6 Å². The maximum atomic E-state index is 13.2. The Kier molecular flexibility index (Phi) is 3.83. The second kappa shape index (κ2) is 5.70. The van der Waals surface area contributed by atoms with Crippen LogP contribution < -0.4 is 0 Å². The molecule has 5 atom stereocenters. The highest BCUT2D eigenvalue weighted by Crippen LogP contribution is 2.57. The first kappa shape index (κ1) is 16.8. The van der Waals surface area contributed by atoms with E-state index < -0.39 is 0 Å². The summed E-state index contributed by atoms with van der Waals surface area (Å²) in [6.45, 7) is 6.61. The van der Waals surface area contributed by atoms with E-state index >= 15 is 0 Å². The van der Waals surface area contributed by atoms with Crippen LogP contribution >= 0.6 is 0 Å². The van der Waals surface area contributed by atoms with Crippen LogP contribution in [0.2, 0.25) is 0 Å². The van der Waals surface area contributed by atoms with Crippen molar-refractivity contribution in [2.45, 2.75) is 51.9 Å². The monoisotopic (exact) mass is 343 g/mol. The molecule has 3 aliphatic rings. The summed E-state index contributed by atoms with van der Waals surface area (Å²) in [5.41, 5.74) is 3.40. The minimum absolute atomic E-state index is 0.00362. The summed E-state index contributed by atoms with van der Waals surface area (Å²) in [7, 11) is 3.57. The summed E-state index contributed by atoms with van der Waals surface area (Å²) in [4.78, 5) is 29.8. The second-order valence-corrected chi connectivity index (χ2v) is 8.75. The average Bonchev–Trinajstić information content (AvgIpc) is 3.04. The summed E-state index contributed by atoms with van der Waals surface area (Å²) in [5, 5.41) is 3.03. The number of carbonyl (C=O) groups excluding carboxylic acids is 2. The molecule has 5 nitrogen and oxygen atoms in total. The Balaban J connectivity index is 1.82. The fourth-order valence-corrected chi connectivity index (χ4v) is 5.62. The predicted octanol–water partition coefficient (Wildman–Crippen LogP) is 3.04. The van der Waals surface area contributed by atoms with Crippen LogP contribution in [0.4, 0.5) is 0 Å². The van der Waals surface area contributed by atoms with Crippen molar-refractivity contribution in [1.82, 2.24) is 15.0 Å². The van der Waals surface area contributed by atoms with E-state index in [1.165, 1.54) is 17.1 Å². The lowest BCUT2D eigenvalue weighted by molar-refractivity contribution is -0.154. The van der Waals surface area contributed by atoms with Crippen LogP contribution in [0.25, 0.3) is 0 Å². The van der Waals surface area contributed by atoms with Crippen molar-refractivity contribution in [3.63, 3.8) is 0 Å². The molecular formula is C20H29N3O2. The van der Waals surface area contributed by atoms with Gasteiger partial charge in [-0.05, 0) is 55.6 Å². The number of aromatic nitrogens is 1. The van der Waals surface area contributed by atoms with Crippen molar-refractivity contribution in [1.29, 1.82) is 0 Å². The first-order valence-electron chi connectivity index (χ1n) is 9.55. The van der Waals surface area contributed by atoms with Gasteiger partial charge in [0.15, 0.2) is 0 Å². The van der Waals surface area contributed by atoms with Gasteiger partial charge >= 0.3 is 0 Å². The zero-order valence-electron chi connectivity index (χ0n) is 15.9. The molecule has 2 amide bonds. The van der Waals surface area contributed by atoms with Gasteiger partial charge in [-0.3, -0.25) is 9.59 Å². The smallest absolute Gasteiger partial charge is 0.252 e. The Hall–Kier alpha value is -1.62. The van der Waals surface area contributed by atoms with Gasteiger partial charge in [-0.15, -0.1) is 0 Å². The molecule has 0 aromatic carbocycles. The molecule has 1 aromatic heterocycles. The van der Waals surface area contributed by atoms with Gasteiger partial charge in [0.25, 0.3) is 5.91 Å². The van der Waals surface area contributed by atoms with Crippen LogP contribution in [-0.4, -0.2) is 40.9 Å². The molecule has 2 fully saturated rings. The van der Waals surface area contributed by atoms with E-state index in [9.17, 15) is 9.59 Å². The summed E-state index contributed by atoms with van der Waals surface area (Å²) in [6.07, 6.45) is 3.39. The topological polar surface area (TPSA) is 56.4 Å². The first-order chi connectivity index (χ1) is 11.8. The van der Waals surface area contributed by atoms with Gasteiger partial charge in [-0.2, -0.15) is 0 Å². The molecule has 1 aliphatic heterocycles. The number of hydrogen-bond donors (Lipinski definition) is 1. The SMILES string of the molecule is Cc1cc2c([nH]1)[C@@H]1CCC(C(C)C)C[C@@H]1[C@@H]1C(=O)N(N(C)C)C(=O)[C@H]21. The Morgan fingerprint density at radius 2 is 1.92 bits per heavy atom. The van der Waals surface area contributed by atoms with Crippen molar-refractivity contribution in [2.24, 2.45) is 23.7 Å². The van der Waals surface area contributed by atoms with Gasteiger partial charge in [0.05, 0.1) is 11.8 Å². The molecule has 4 rings (SSSR count). The van der Waals surface area contributed by atoms with Gasteiger partial charge in [-0.25, -0.2) is 10.0 Å². The molecule has 1 aromatic rings. The molecule has 1 N–H and O–H groups in total. The van der Waals surface area contributed by atoms with E-state index in [1.807, 2.05) is 6.92 Å². The number of aromatic amines is 1. The molecule has 2 heterocycles. The number of rotatable bonds is 2. The summed E-state index contributed by atoms with van der Waals surface area (Å²) >= 11 is 0. The van der Waals surface area contributed by atoms with Crippen molar-refractivity contribution < 1.29 is 9.59 Å². The van der Waals surface area contributed by atoms with E-state index in [2.05, 4.69) is 24.9 Å². The van der Waals surface area contributed by atoms with Crippen LogP contribution in [0.5, 0.6) is 0 Å². The first-order valence-corrected chi connectivity index (χ1v) is 9.55. The zero-order chi connectivity index (χ0) is 18.0. The minimum atomic E-state index is -0.304. The molecule has 25 heavy (non-hydrogen) atoms. The molecule has 0 radical (unpaired) electrons. The van der Waals surface area contributed by atoms with Crippen LogP contribution in [0.3, 0.4) is 0 Å². The fraction of sp³-hybridized carbons (Fsp3) is 0.700. The highest BCUT2D eigenvalue weighted by Gasteiger charge is 2.59. The molecule has 1 saturated heterocycles. The largest absolute Gasteiger partial charge is 0.362 e. The second-order valence-electron chi connectivity index (χ2n) is 8.75. The van der Waals surface area contributed by atoms with Crippen LogP contribution in [0.15, 0.2) is 6.07 Å². The number of amides is 2. The van der Waals surface area contributed by atoms with E-state index in [0.29, 0.717) is 17.8 Å². The Morgan fingerprint density at radius 3 is 2.56 bits per heavy atom. The van der Waals surface area contributed by atoms with Crippen molar-refractivity contribution >= 4 is 11.8 Å². The highest BCUT2D eigenvalue weighted by atomic mass is 16.2. The highest BCUT2D eigenvalue weighted by molar-refractivity contribution is 6.08. The fourth-order valence-electron chi connectivity index (χ4n) is 5.62. The molecule has 0 spiro atoms. The Morgan fingerprint density at radius 1 is 1.20 bits per heavy atom. The lowest BCUT2D eigenvalue weighted by Gasteiger charge is -2.44. The number of nitrogens with zero attached hydrogens (tertiary/aromatic N) is 2. The quantitative estimate of drug-likeness (QED) is 0.840. The van der Waals surface area contributed by atoms with E-state index in [0.717, 1.165) is 24.1 Å². The normalized spacial score (nSPS) is 34.5. The molecule has 136 valence electrons. The Labute approximate surface area is 149 Å². The number of nitrogens with one attached hydrogen (secondary N) is 1. The predicted molar refractivity (Wildman–Crippen MR) is 95.7 cm³/mol. The molecule has 2 aliphatic carbocycles. The molecule has 5 heteroatoms. The number of imide groups is 1. The number of carbonyl (C=O) groups is 2. The molecule has 0 bridgehead atoms. The number of H-pyrrole nitrogens is 1. The summed E-state index contributed by atoms with van der Waals surface area (Å²) in [5.74, 6) is 1.40. The number of fused-ring (bicyclic) bond motifs is 6. The summed E-state index contributed by atoms with van der Waals surface area (Å²) in [6, 6.07) is 2.10. The zero-order valence-corrected chi connectivity index (χ0v) is 15.9. The molecule has 1 saturated carbocycles.